The summed E-state index contributed by atoms with van der Waals surface area (Å²) in [4.78, 5) is 251. The minimum Gasteiger partial charge on any atom is -0.394 e. The van der Waals surface area contributed by atoms with Crippen LogP contribution >= 0.6 is 11.6 Å². The third kappa shape index (κ3) is 28.3. The van der Waals surface area contributed by atoms with Crippen LogP contribution in [-0.2, 0) is 104 Å². The van der Waals surface area contributed by atoms with Gasteiger partial charge in [-0.2, -0.15) is 0 Å². The number of hydrogen-bond acceptors (Lipinski definition) is 20. The summed E-state index contributed by atoms with van der Waals surface area (Å²) in [6.45, 7) is 4.66. The normalized spacial score (nSPS) is 17.1. The maximum Gasteiger partial charge on any atom is 0.322 e. The molecule has 3 aliphatic heterocycles. The number of likely N-dealkylation sites (tertiary alicyclic amines) is 1. The second-order valence-electron chi connectivity index (χ2n) is 30.4. The zero-order valence-electron chi connectivity index (χ0n) is 67.6. The number of fused-ring (bicyclic) bond motifs is 1. The summed E-state index contributed by atoms with van der Waals surface area (Å²) in [6.07, 6.45) is 0.669. The first-order chi connectivity index (χ1) is 58.6. The van der Waals surface area contributed by atoms with E-state index in [4.69, 9.17) is 23.1 Å². The number of carbonyl (C=O) groups is 18. The maximum atomic E-state index is 15.5. The molecule has 0 unspecified atom stereocenters. The zero-order valence-corrected chi connectivity index (χ0v) is 68.4. The highest BCUT2D eigenvalue weighted by atomic mass is 35.5. The highest BCUT2D eigenvalue weighted by Crippen LogP contribution is 2.24. The number of aromatic nitrogens is 1. The van der Waals surface area contributed by atoms with Gasteiger partial charge < -0.3 is 95.9 Å². The summed E-state index contributed by atoms with van der Waals surface area (Å²) in [6, 6.07) is 13.5. The van der Waals surface area contributed by atoms with Gasteiger partial charge in [-0.05, 0) is 126 Å². The number of nitrogens with two attached hydrogens (primary N) is 2. The monoisotopic (exact) mass is 1710 g/mol. The zero-order chi connectivity index (χ0) is 89.1. The fourth-order valence-electron chi connectivity index (χ4n) is 13.9. The van der Waals surface area contributed by atoms with Gasteiger partial charge in [0.2, 0.25) is 88.6 Å². The first-order valence-electron chi connectivity index (χ1n) is 39.7. The first kappa shape index (κ1) is 92.9. The van der Waals surface area contributed by atoms with Crippen LogP contribution in [0.1, 0.15) is 100 Å². The molecule has 12 atom stereocenters. The van der Waals surface area contributed by atoms with E-state index in [1.807, 2.05) is 47.0 Å². The van der Waals surface area contributed by atoms with Gasteiger partial charge in [0.15, 0.2) is 0 Å². The average molecular weight is 1720 g/mol. The Morgan fingerprint density at radius 2 is 0.959 bits per heavy atom. The van der Waals surface area contributed by atoms with Crippen molar-refractivity contribution in [3.8, 4) is 0 Å². The lowest BCUT2D eigenvalue weighted by atomic mass is 9.99. The molecule has 9 rings (SSSR count). The standard InChI is InChI=1S/C83H99ClN20O19/c1-43(2)32-57(72(112)93-56(13-8-30-88-70(110)63-39-67(107)102-82(122)100-63)80(120)104-31-9-14-66(104)79(119)89-44(3)69(85)109)94-74(114)60(35-48-20-27-55(28-21-48)92-81(86)121)96-76(116)61(36-47-18-25-54(26-19-47)91-71(111)64-40-68(108)103-83(123)101-64)98-78(118)65(42-105)99-77(117)62(38-50-10-7-29-87-41-50)97-75(115)59(34-46-16-23-53(84)24-17-46)95-73(113)58(90-45(4)106)37-49-15-22-51-11-5-6-12-52(51)33-49/h5-7,10-12,15-29,33,41,43-44,56-66,105H,8-9,13-14,30-32,34-40,42H2,1-4H3,(H2,85,109)(H,88,110)(H,89,119)(H,90,106)(H,91,111)(H,93,112)(H,94,114)(H,95,113)(H,96,116)(H,97,115)(H,98,118)(H,99,117)(H3,86,92,121)(H2,100,102,107,122)(H2,101,103,108,123)/t44-,56+,57+,58-,59-,60-,61+,62-,63+,64+,65+,66+/m1/s1. The molecule has 39 nitrogen and oxygen atoms in total. The molecule has 21 N–H and O–H groups in total. The number of primary amides is 2. The van der Waals surface area contributed by atoms with Crippen LogP contribution in [0.2, 0.25) is 5.02 Å². The molecule has 0 bridgehead atoms. The first-order valence-corrected chi connectivity index (χ1v) is 40.1. The number of urea groups is 3. The highest BCUT2D eigenvalue weighted by molar-refractivity contribution is 6.30. The van der Waals surface area contributed by atoms with Crippen molar-refractivity contribution in [1.82, 2.24) is 84.3 Å². The van der Waals surface area contributed by atoms with Crippen LogP contribution in [0.4, 0.5) is 25.8 Å². The third-order valence-corrected chi connectivity index (χ3v) is 20.5. The number of rotatable bonds is 40. The van der Waals surface area contributed by atoms with Crippen molar-refractivity contribution in [2.45, 2.75) is 177 Å². The van der Waals surface area contributed by atoms with Gasteiger partial charge in [0, 0.05) is 80.9 Å². The average Bonchev–Trinajstić information content (AvgIpc) is 1.74. The Kier molecular flexibility index (Phi) is 33.5. The van der Waals surface area contributed by atoms with E-state index in [-0.39, 0.29) is 81.4 Å². The van der Waals surface area contributed by atoms with Crippen LogP contribution in [-0.4, -0.2) is 214 Å². The number of aliphatic hydroxyl groups is 1. The summed E-state index contributed by atoms with van der Waals surface area (Å²) in [5.41, 5.74) is 13.3. The van der Waals surface area contributed by atoms with E-state index in [0.717, 1.165) is 10.8 Å². The summed E-state index contributed by atoms with van der Waals surface area (Å²) in [5, 5.41) is 53.5. The number of amides is 21. The molecule has 6 aromatic rings. The summed E-state index contributed by atoms with van der Waals surface area (Å²) >= 11 is 6.27. The van der Waals surface area contributed by atoms with E-state index in [2.05, 4.69) is 79.4 Å². The van der Waals surface area contributed by atoms with Gasteiger partial charge in [0.05, 0.1) is 19.4 Å². The van der Waals surface area contributed by atoms with Gasteiger partial charge in [-0.15, -0.1) is 0 Å². The van der Waals surface area contributed by atoms with Crippen molar-refractivity contribution in [3.05, 3.63) is 173 Å². The number of anilines is 2. The third-order valence-electron chi connectivity index (χ3n) is 20.2. The SMILES string of the molecule is CC(=O)N[C@H](Cc1ccc2ccccc2c1)C(=O)N[C@H](Cc1ccc(Cl)cc1)C(=O)N[C@H](Cc1cccnc1)C(=O)N[C@@H](CO)C(=O)N[C@@H](Cc1ccc(NC(=O)[C@@H]2CC(=O)NC(=O)N2)cc1)C(=O)N[C@H](Cc1ccc(NC(N)=O)cc1)C(=O)N[C@@H](CC(C)C)C(=O)N[C@@H](CCCNC(=O)[C@@H]1CC(=O)NC(=O)N1)C(=O)N1CCC[C@H]1C(=O)N[C@H](C)C(N)=O. The maximum absolute atomic E-state index is 15.5. The fourth-order valence-corrected chi connectivity index (χ4v) is 14.0. The van der Waals surface area contributed by atoms with E-state index in [9.17, 15) is 62.6 Å². The van der Waals surface area contributed by atoms with Crippen molar-refractivity contribution >= 4 is 140 Å². The molecule has 21 amide bonds. The molecule has 652 valence electrons. The molecule has 0 aliphatic carbocycles. The number of carbonyl (C=O) groups excluding carboxylic acids is 18. The topological polar surface area (TPSA) is 588 Å². The summed E-state index contributed by atoms with van der Waals surface area (Å²) in [5.74, 6) is -13.4. The molecule has 3 saturated heterocycles. The number of pyridine rings is 1. The lowest BCUT2D eigenvalue weighted by Crippen LogP contribution is -2.62. The molecular formula is C83H99ClN20O19. The highest BCUT2D eigenvalue weighted by Gasteiger charge is 2.41. The number of nitrogens with one attached hydrogen (secondary N) is 16. The lowest BCUT2D eigenvalue weighted by Gasteiger charge is -2.31. The van der Waals surface area contributed by atoms with Crippen molar-refractivity contribution in [2.75, 3.05) is 30.3 Å². The van der Waals surface area contributed by atoms with E-state index in [1.54, 1.807) is 56.3 Å². The molecule has 3 aliphatic rings. The Balaban J connectivity index is 1.01. The van der Waals surface area contributed by atoms with E-state index >= 15 is 28.8 Å². The molecular weight excluding hydrogens is 1620 g/mol. The molecule has 0 radical (unpaired) electrons. The quantitative estimate of drug-likeness (QED) is 0.0202. The van der Waals surface area contributed by atoms with Crippen LogP contribution in [0.15, 0.2) is 140 Å². The van der Waals surface area contributed by atoms with Gasteiger partial charge >= 0.3 is 18.1 Å². The van der Waals surface area contributed by atoms with Crippen molar-refractivity contribution in [2.24, 2.45) is 17.4 Å². The number of hydrogen-bond donors (Lipinski definition) is 19. The van der Waals surface area contributed by atoms with Gasteiger partial charge in [0.1, 0.15) is 72.5 Å². The largest absolute Gasteiger partial charge is 0.394 e. The minimum atomic E-state index is -1.97. The molecule has 5 aromatic carbocycles. The molecule has 0 saturated carbocycles. The lowest BCUT2D eigenvalue weighted by molar-refractivity contribution is -0.142. The van der Waals surface area contributed by atoms with Crippen LogP contribution < -0.4 is 96.5 Å². The number of nitrogens with zero attached hydrogens (tertiary/aromatic N) is 2. The molecule has 123 heavy (non-hydrogen) atoms. The van der Waals surface area contributed by atoms with E-state index in [0.29, 0.717) is 33.7 Å². The van der Waals surface area contributed by atoms with Crippen molar-refractivity contribution in [3.63, 3.8) is 0 Å². The van der Waals surface area contributed by atoms with Gasteiger partial charge in [0.25, 0.3) is 0 Å². The summed E-state index contributed by atoms with van der Waals surface area (Å²) < 4.78 is 0. The van der Waals surface area contributed by atoms with Crippen LogP contribution in [0.5, 0.6) is 0 Å². The fraction of sp³-hybridized carbons (Fsp3) is 0.386. The number of imide groups is 2. The van der Waals surface area contributed by atoms with E-state index < -0.39 is 211 Å². The number of aliphatic hydroxyl groups excluding tert-OH is 1. The van der Waals surface area contributed by atoms with Gasteiger partial charge in [-0.25, -0.2) is 14.4 Å². The van der Waals surface area contributed by atoms with Gasteiger partial charge in [-0.1, -0.05) is 110 Å². The molecule has 4 heterocycles. The van der Waals surface area contributed by atoms with Gasteiger partial charge in [-0.3, -0.25) is 87.5 Å². The Bertz CT molecular complexity index is 4900. The smallest absolute Gasteiger partial charge is 0.322 e. The van der Waals surface area contributed by atoms with Crippen LogP contribution in [0.25, 0.3) is 10.8 Å². The van der Waals surface area contributed by atoms with E-state index in [1.165, 1.54) is 79.7 Å². The predicted molar refractivity (Wildman–Crippen MR) is 444 cm³/mol. The number of benzene rings is 5. The minimum absolute atomic E-state index is 0.00987. The van der Waals surface area contributed by atoms with Crippen LogP contribution in [0, 0.1) is 5.92 Å². The second kappa shape index (κ2) is 44.4. The Labute approximate surface area is 710 Å². The Hall–Kier alpha value is -14.0. The Morgan fingerprint density at radius 1 is 0.504 bits per heavy atom. The van der Waals surface area contributed by atoms with Crippen LogP contribution in [0.3, 0.4) is 0 Å². The Morgan fingerprint density at radius 3 is 1.46 bits per heavy atom. The molecule has 0 spiro atoms. The van der Waals surface area contributed by atoms with Crippen molar-refractivity contribution in [1.29, 1.82) is 0 Å². The molecule has 40 heteroatoms. The molecule has 1 aromatic heterocycles. The second-order valence-corrected chi connectivity index (χ2v) is 30.8. The molecule has 3 fully saturated rings. The number of halogens is 1. The van der Waals surface area contributed by atoms with Crippen molar-refractivity contribution < 1.29 is 91.4 Å². The predicted octanol–water partition coefficient (Wildman–Crippen LogP) is -1.16. The summed E-state index contributed by atoms with van der Waals surface area (Å²) in [7, 11) is 0.